The van der Waals surface area contributed by atoms with E-state index < -0.39 is 15.8 Å². The van der Waals surface area contributed by atoms with Crippen molar-refractivity contribution in [1.29, 1.82) is 0 Å². The lowest BCUT2D eigenvalue weighted by Crippen LogP contribution is -2.42. The number of hydrogen-bond acceptors (Lipinski definition) is 3. The Balaban J connectivity index is 2.46. The molecule has 1 aliphatic heterocycles. The van der Waals surface area contributed by atoms with Crippen molar-refractivity contribution in [2.24, 2.45) is 17.6 Å². The third-order valence-corrected chi connectivity index (χ3v) is 6.25. The molecule has 1 aromatic carbocycles. The molecule has 0 saturated carbocycles. The number of rotatable bonds is 3. The summed E-state index contributed by atoms with van der Waals surface area (Å²) in [7, 11) is -3.79. The molecule has 0 amide bonds. The number of sulfonamides is 1. The van der Waals surface area contributed by atoms with E-state index in [1.54, 1.807) is 0 Å². The molecule has 1 heterocycles. The van der Waals surface area contributed by atoms with Crippen molar-refractivity contribution in [2.75, 3.05) is 13.1 Å². The lowest BCUT2D eigenvalue weighted by atomic mass is 9.90. The summed E-state index contributed by atoms with van der Waals surface area (Å²) in [6, 6.07) is 3.88. The van der Waals surface area contributed by atoms with Crippen molar-refractivity contribution < 1.29 is 12.8 Å². The molecule has 7 heteroatoms. The molecule has 0 spiro atoms. The molecular formula is C14H19FN2O2S2. The fourth-order valence-corrected chi connectivity index (χ4v) is 4.58. The zero-order valence-electron chi connectivity index (χ0n) is 12.0. The topological polar surface area (TPSA) is 63.4 Å². The standard InChI is InChI=1S/C14H19FN2O2S2/c1-9-6-7-17(8-10(9)2)21(18,19)12-5-3-4-11(15)13(12)14(16)20/h3-5,9-10H,6-8H2,1-2H3,(H2,16,20). The van der Waals surface area contributed by atoms with Gasteiger partial charge in [0, 0.05) is 13.1 Å². The summed E-state index contributed by atoms with van der Waals surface area (Å²) in [6.07, 6.45) is 0.790. The summed E-state index contributed by atoms with van der Waals surface area (Å²) in [6.45, 7) is 4.99. The Labute approximate surface area is 130 Å². The number of thiocarbonyl (C=S) groups is 1. The van der Waals surface area contributed by atoms with Gasteiger partial charge in [0.15, 0.2) is 0 Å². The largest absolute Gasteiger partial charge is 0.389 e. The maximum atomic E-state index is 13.9. The van der Waals surface area contributed by atoms with E-state index in [9.17, 15) is 12.8 Å². The molecule has 0 bridgehead atoms. The first-order valence-electron chi connectivity index (χ1n) is 6.83. The molecule has 1 aliphatic rings. The minimum atomic E-state index is -3.79. The lowest BCUT2D eigenvalue weighted by molar-refractivity contribution is 0.212. The van der Waals surface area contributed by atoms with Gasteiger partial charge >= 0.3 is 0 Å². The van der Waals surface area contributed by atoms with Crippen molar-refractivity contribution in [2.45, 2.75) is 25.2 Å². The van der Waals surface area contributed by atoms with Crippen LogP contribution in [0.3, 0.4) is 0 Å². The van der Waals surface area contributed by atoms with Gasteiger partial charge in [-0.1, -0.05) is 32.1 Å². The van der Waals surface area contributed by atoms with Crippen LogP contribution in [-0.2, 0) is 10.0 Å². The molecule has 2 atom stereocenters. The van der Waals surface area contributed by atoms with Crippen molar-refractivity contribution in [3.05, 3.63) is 29.6 Å². The monoisotopic (exact) mass is 330 g/mol. The number of piperidine rings is 1. The average molecular weight is 330 g/mol. The number of halogens is 1. The molecule has 2 N–H and O–H groups in total. The minimum Gasteiger partial charge on any atom is -0.389 e. The van der Waals surface area contributed by atoms with E-state index in [4.69, 9.17) is 18.0 Å². The molecule has 21 heavy (non-hydrogen) atoms. The molecule has 4 nitrogen and oxygen atoms in total. The minimum absolute atomic E-state index is 0.142. The van der Waals surface area contributed by atoms with Crippen molar-refractivity contribution in [3.8, 4) is 0 Å². The molecule has 0 radical (unpaired) electrons. The predicted octanol–water partition coefficient (Wildman–Crippen LogP) is 2.13. The summed E-state index contributed by atoms with van der Waals surface area (Å²) in [5, 5.41) is 0. The van der Waals surface area contributed by atoms with Gasteiger partial charge in [0.1, 0.15) is 10.8 Å². The first-order chi connectivity index (χ1) is 9.75. The van der Waals surface area contributed by atoms with E-state index in [1.807, 2.05) is 6.92 Å². The van der Waals surface area contributed by atoms with E-state index in [0.717, 1.165) is 12.5 Å². The van der Waals surface area contributed by atoms with E-state index >= 15 is 0 Å². The second kappa shape index (κ2) is 5.98. The van der Waals surface area contributed by atoms with E-state index in [-0.39, 0.29) is 21.4 Å². The Morgan fingerprint density at radius 2 is 2.05 bits per heavy atom. The summed E-state index contributed by atoms with van der Waals surface area (Å²) in [5.74, 6) is 0.0244. The molecule has 116 valence electrons. The average Bonchev–Trinajstić information content (AvgIpc) is 2.41. The van der Waals surface area contributed by atoms with Gasteiger partial charge in [-0.05, 0) is 30.4 Å². The van der Waals surface area contributed by atoms with Crippen molar-refractivity contribution in [3.63, 3.8) is 0 Å². The Morgan fingerprint density at radius 1 is 1.38 bits per heavy atom. The molecule has 2 unspecified atom stereocenters. The second-order valence-electron chi connectivity index (χ2n) is 5.58. The fraction of sp³-hybridized carbons (Fsp3) is 0.500. The first kappa shape index (κ1) is 16.3. The number of hydrogen-bond donors (Lipinski definition) is 1. The maximum Gasteiger partial charge on any atom is 0.243 e. The first-order valence-corrected chi connectivity index (χ1v) is 8.68. The number of benzene rings is 1. The van der Waals surface area contributed by atoms with Gasteiger partial charge in [0.25, 0.3) is 0 Å². The highest BCUT2D eigenvalue weighted by molar-refractivity contribution is 7.89. The lowest BCUT2D eigenvalue weighted by Gasteiger charge is -2.34. The van der Waals surface area contributed by atoms with Crippen LogP contribution in [0.1, 0.15) is 25.8 Å². The zero-order valence-corrected chi connectivity index (χ0v) is 13.7. The van der Waals surface area contributed by atoms with Crippen LogP contribution in [0.5, 0.6) is 0 Å². The van der Waals surface area contributed by atoms with Crippen molar-refractivity contribution >= 4 is 27.2 Å². The fourth-order valence-electron chi connectivity index (χ4n) is 2.54. The van der Waals surface area contributed by atoms with E-state index in [1.165, 1.54) is 16.4 Å². The van der Waals surface area contributed by atoms with Gasteiger partial charge < -0.3 is 5.73 Å². The molecular weight excluding hydrogens is 311 g/mol. The highest BCUT2D eigenvalue weighted by atomic mass is 32.2. The van der Waals surface area contributed by atoms with Crippen LogP contribution >= 0.6 is 12.2 Å². The van der Waals surface area contributed by atoms with Gasteiger partial charge in [-0.25, -0.2) is 12.8 Å². The number of nitrogens with two attached hydrogens (primary N) is 1. The summed E-state index contributed by atoms with van der Waals surface area (Å²) >= 11 is 4.80. The molecule has 2 rings (SSSR count). The summed E-state index contributed by atoms with van der Waals surface area (Å²) in [4.78, 5) is -0.387. The third-order valence-electron chi connectivity index (χ3n) is 4.14. The van der Waals surface area contributed by atoms with Gasteiger partial charge in [-0.2, -0.15) is 4.31 Å². The Hall–Kier alpha value is -1.05. The van der Waals surface area contributed by atoms with Crippen molar-refractivity contribution in [1.82, 2.24) is 4.31 Å². The van der Waals surface area contributed by atoms with Gasteiger partial charge in [-0.3, -0.25) is 0 Å². The van der Waals surface area contributed by atoms with Gasteiger partial charge in [-0.15, -0.1) is 0 Å². The zero-order chi connectivity index (χ0) is 15.8. The van der Waals surface area contributed by atoms with Crippen LogP contribution in [0.15, 0.2) is 23.1 Å². The molecule has 0 aliphatic carbocycles. The highest BCUT2D eigenvalue weighted by Gasteiger charge is 2.34. The summed E-state index contributed by atoms with van der Waals surface area (Å²) < 4.78 is 40.8. The van der Waals surface area contributed by atoms with E-state index in [2.05, 4.69) is 6.92 Å². The molecule has 0 aromatic heterocycles. The highest BCUT2D eigenvalue weighted by Crippen LogP contribution is 2.29. The van der Waals surface area contributed by atoms with Crippen LogP contribution < -0.4 is 5.73 Å². The molecule has 1 fully saturated rings. The maximum absolute atomic E-state index is 13.9. The third kappa shape index (κ3) is 3.09. The predicted molar refractivity (Wildman–Crippen MR) is 84.0 cm³/mol. The Kier molecular flexibility index (Phi) is 4.65. The van der Waals surface area contributed by atoms with Gasteiger partial charge in [0.05, 0.1) is 10.5 Å². The Morgan fingerprint density at radius 3 is 2.62 bits per heavy atom. The molecule has 1 saturated heterocycles. The number of nitrogens with zero attached hydrogens (tertiary/aromatic N) is 1. The van der Waals surface area contributed by atoms with Gasteiger partial charge in [0.2, 0.25) is 10.0 Å². The van der Waals surface area contributed by atoms with Crippen LogP contribution in [0.4, 0.5) is 4.39 Å². The van der Waals surface area contributed by atoms with E-state index in [0.29, 0.717) is 19.0 Å². The normalized spacial score (nSPS) is 24.0. The van der Waals surface area contributed by atoms with Crippen LogP contribution in [-0.4, -0.2) is 30.8 Å². The summed E-state index contributed by atoms with van der Waals surface area (Å²) in [5.41, 5.74) is 5.30. The van der Waals surface area contributed by atoms with Crippen LogP contribution in [0.2, 0.25) is 0 Å². The van der Waals surface area contributed by atoms with Crippen LogP contribution in [0.25, 0.3) is 0 Å². The Bertz CT molecular complexity index is 661. The smallest absolute Gasteiger partial charge is 0.243 e. The molecule has 1 aromatic rings. The second-order valence-corrected chi connectivity index (χ2v) is 7.93. The SMILES string of the molecule is CC1CCN(S(=O)(=O)c2cccc(F)c2C(N)=S)CC1C. The quantitative estimate of drug-likeness (QED) is 0.863. The van der Waals surface area contributed by atoms with Crippen LogP contribution in [0, 0.1) is 17.7 Å².